The summed E-state index contributed by atoms with van der Waals surface area (Å²) in [5, 5.41) is 19.6. The smallest absolute Gasteiger partial charge is 0.258 e. The van der Waals surface area contributed by atoms with Gasteiger partial charge in [-0.05, 0) is 12.5 Å². The molecule has 19 heavy (non-hydrogen) atoms. The Bertz CT molecular complexity index is 620. The highest BCUT2D eigenvalue weighted by molar-refractivity contribution is 9.09. The first kappa shape index (κ1) is 14.0. The molecular weight excluding hydrogens is 337 g/mol. The Hall–Kier alpha value is -1.41. The van der Waals surface area contributed by atoms with Gasteiger partial charge >= 0.3 is 0 Å². The second kappa shape index (κ2) is 5.70. The predicted octanol–water partition coefficient (Wildman–Crippen LogP) is 4.10. The number of non-ortho nitro benzene ring substituents is 1. The van der Waals surface area contributed by atoms with Crippen molar-refractivity contribution in [3.8, 4) is 10.6 Å². The molecule has 0 bridgehead atoms. The van der Waals surface area contributed by atoms with Crippen molar-refractivity contribution < 1.29 is 9.31 Å². The molecule has 8 heteroatoms. The molecule has 0 aliphatic rings. The number of nitro benzene ring substituents is 1. The average Bonchev–Trinajstić information content (AvgIpc) is 2.87. The third-order valence-corrected chi connectivity index (χ3v) is 4.92. The number of halogens is 2. The van der Waals surface area contributed by atoms with Crippen LogP contribution in [0.3, 0.4) is 0 Å². The van der Waals surface area contributed by atoms with Crippen LogP contribution >= 0.6 is 27.3 Å². The quantitative estimate of drug-likeness (QED) is 0.475. The van der Waals surface area contributed by atoms with Crippen LogP contribution in [0.2, 0.25) is 0 Å². The minimum atomic E-state index is -0.667. The van der Waals surface area contributed by atoms with Crippen LogP contribution in [0.25, 0.3) is 10.6 Å². The summed E-state index contributed by atoms with van der Waals surface area (Å²) in [6.45, 7) is 1.99. The van der Waals surface area contributed by atoms with Gasteiger partial charge in [-0.15, -0.1) is 10.2 Å². The van der Waals surface area contributed by atoms with E-state index in [0.717, 1.165) is 17.5 Å². The van der Waals surface area contributed by atoms with Crippen LogP contribution in [0.4, 0.5) is 10.1 Å². The zero-order valence-corrected chi connectivity index (χ0v) is 12.2. The molecule has 1 heterocycles. The van der Waals surface area contributed by atoms with Crippen LogP contribution < -0.4 is 0 Å². The summed E-state index contributed by atoms with van der Waals surface area (Å²) in [4.78, 5) is 9.99. The number of rotatable bonds is 4. The third kappa shape index (κ3) is 2.95. The maximum absolute atomic E-state index is 13.8. The summed E-state index contributed by atoms with van der Waals surface area (Å²) in [6, 6.07) is 3.50. The highest BCUT2D eigenvalue weighted by Gasteiger charge is 2.17. The van der Waals surface area contributed by atoms with Gasteiger partial charge in [-0.3, -0.25) is 10.1 Å². The molecular formula is C11H9BrFN3O2S. The number of benzene rings is 1. The van der Waals surface area contributed by atoms with Crippen LogP contribution in [0.5, 0.6) is 0 Å². The van der Waals surface area contributed by atoms with Gasteiger partial charge in [0.15, 0.2) is 5.01 Å². The van der Waals surface area contributed by atoms with Crippen LogP contribution in [-0.4, -0.2) is 15.1 Å². The van der Waals surface area contributed by atoms with E-state index in [-0.39, 0.29) is 16.1 Å². The van der Waals surface area contributed by atoms with E-state index in [1.165, 1.54) is 23.5 Å². The molecule has 2 rings (SSSR count). The lowest BCUT2D eigenvalue weighted by atomic mass is 10.2. The van der Waals surface area contributed by atoms with E-state index < -0.39 is 10.7 Å². The van der Waals surface area contributed by atoms with Gasteiger partial charge in [-0.2, -0.15) is 0 Å². The fourth-order valence-electron chi connectivity index (χ4n) is 1.44. The lowest BCUT2D eigenvalue weighted by Gasteiger charge is -1.99. The monoisotopic (exact) mass is 345 g/mol. The topological polar surface area (TPSA) is 68.9 Å². The molecule has 1 unspecified atom stereocenters. The first-order valence-corrected chi connectivity index (χ1v) is 7.18. The van der Waals surface area contributed by atoms with E-state index in [0.29, 0.717) is 5.01 Å². The lowest BCUT2D eigenvalue weighted by Crippen LogP contribution is -1.90. The van der Waals surface area contributed by atoms with Crippen LogP contribution in [-0.2, 0) is 0 Å². The van der Waals surface area contributed by atoms with E-state index in [4.69, 9.17) is 0 Å². The Morgan fingerprint density at radius 1 is 1.53 bits per heavy atom. The molecule has 100 valence electrons. The van der Waals surface area contributed by atoms with Crippen molar-refractivity contribution in [2.24, 2.45) is 0 Å². The molecule has 0 amide bonds. The summed E-state index contributed by atoms with van der Waals surface area (Å²) in [6.07, 6.45) is 0.845. The Morgan fingerprint density at radius 2 is 2.26 bits per heavy atom. The van der Waals surface area contributed by atoms with Gasteiger partial charge in [0.25, 0.3) is 5.69 Å². The fourth-order valence-corrected chi connectivity index (χ4v) is 2.74. The fraction of sp³-hybridized carbons (Fsp3) is 0.273. The SMILES string of the molecule is CCC(Br)c1nnc(-c2ccc([N+](=O)[O-])cc2F)s1. The largest absolute Gasteiger partial charge is 0.272 e. The van der Waals surface area contributed by atoms with Crippen LogP contribution in [0.1, 0.15) is 23.2 Å². The van der Waals surface area contributed by atoms with Crippen molar-refractivity contribution in [3.05, 3.63) is 39.1 Å². The summed E-state index contributed by atoms with van der Waals surface area (Å²) in [7, 11) is 0. The van der Waals surface area contributed by atoms with Gasteiger partial charge in [0.1, 0.15) is 10.8 Å². The van der Waals surface area contributed by atoms with Gasteiger partial charge in [0.05, 0.1) is 15.8 Å². The number of nitro groups is 1. The van der Waals surface area contributed by atoms with Crippen molar-refractivity contribution in [1.82, 2.24) is 10.2 Å². The zero-order chi connectivity index (χ0) is 14.0. The normalized spacial score (nSPS) is 12.4. The summed E-state index contributed by atoms with van der Waals surface area (Å²) in [5.41, 5.74) is -0.0527. The van der Waals surface area contributed by atoms with Crippen molar-refractivity contribution in [2.45, 2.75) is 18.2 Å². The minimum absolute atomic E-state index is 0.0832. The van der Waals surface area contributed by atoms with Crippen LogP contribution in [0, 0.1) is 15.9 Å². The van der Waals surface area contributed by atoms with Crippen molar-refractivity contribution in [3.63, 3.8) is 0 Å². The molecule has 0 saturated carbocycles. The highest BCUT2D eigenvalue weighted by atomic mass is 79.9. The van der Waals surface area contributed by atoms with E-state index >= 15 is 0 Å². The van der Waals surface area contributed by atoms with Gasteiger partial charge in [0, 0.05) is 11.6 Å². The maximum Gasteiger partial charge on any atom is 0.272 e. The van der Waals surface area contributed by atoms with Gasteiger partial charge in [-0.1, -0.05) is 34.2 Å². The number of nitrogens with zero attached hydrogens (tertiary/aromatic N) is 3. The van der Waals surface area contributed by atoms with Crippen molar-refractivity contribution >= 4 is 33.0 Å². The standard InChI is InChI=1S/C11H9BrFN3O2S/c1-2-8(12)11-15-14-10(19-11)7-4-3-6(16(17)18)5-9(7)13/h3-5,8H,2H2,1H3. The molecule has 1 aromatic carbocycles. The Morgan fingerprint density at radius 3 is 2.84 bits per heavy atom. The van der Waals surface area contributed by atoms with Gasteiger partial charge < -0.3 is 0 Å². The molecule has 0 N–H and O–H groups in total. The number of hydrogen-bond donors (Lipinski definition) is 0. The highest BCUT2D eigenvalue weighted by Crippen LogP contribution is 2.34. The van der Waals surface area contributed by atoms with E-state index in [9.17, 15) is 14.5 Å². The van der Waals surface area contributed by atoms with Gasteiger partial charge in [0.2, 0.25) is 0 Å². The Kier molecular flexibility index (Phi) is 4.20. The minimum Gasteiger partial charge on any atom is -0.258 e. The van der Waals surface area contributed by atoms with E-state index in [1.807, 2.05) is 6.92 Å². The number of aromatic nitrogens is 2. The zero-order valence-electron chi connectivity index (χ0n) is 9.84. The summed E-state index contributed by atoms with van der Waals surface area (Å²) in [5.74, 6) is -0.667. The van der Waals surface area contributed by atoms with Crippen molar-refractivity contribution in [2.75, 3.05) is 0 Å². The first-order chi connectivity index (χ1) is 9.02. The predicted molar refractivity (Wildman–Crippen MR) is 73.9 cm³/mol. The van der Waals surface area contributed by atoms with Crippen LogP contribution in [0.15, 0.2) is 18.2 Å². The molecule has 0 fully saturated rings. The van der Waals surface area contributed by atoms with E-state index in [2.05, 4.69) is 26.1 Å². The Labute approximate surface area is 120 Å². The number of alkyl halides is 1. The third-order valence-electron chi connectivity index (χ3n) is 2.46. The molecule has 0 spiro atoms. The van der Waals surface area contributed by atoms with Gasteiger partial charge in [-0.25, -0.2) is 4.39 Å². The number of hydrogen-bond acceptors (Lipinski definition) is 5. The first-order valence-electron chi connectivity index (χ1n) is 5.44. The molecule has 5 nitrogen and oxygen atoms in total. The molecule has 0 aliphatic carbocycles. The molecule has 1 atom stereocenters. The molecule has 0 saturated heterocycles. The average molecular weight is 346 g/mol. The second-order valence-electron chi connectivity index (χ2n) is 3.74. The molecule has 1 aromatic heterocycles. The summed E-state index contributed by atoms with van der Waals surface area (Å²) >= 11 is 4.71. The summed E-state index contributed by atoms with van der Waals surface area (Å²) < 4.78 is 13.8. The molecule has 0 radical (unpaired) electrons. The Balaban J connectivity index is 2.37. The lowest BCUT2D eigenvalue weighted by molar-refractivity contribution is -0.385. The second-order valence-corrected chi connectivity index (χ2v) is 5.86. The van der Waals surface area contributed by atoms with Crippen molar-refractivity contribution in [1.29, 1.82) is 0 Å². The maximum atomic E-state index is 13.8. The van der Waals surface area contributed by atoms with E-state index in [1.54, 1.807) is 0 Å². The molecule has 2 aromatic rings. The molecule has 0 aliphatic heterocycles.